The monoisotopic (exact) mass is 584 g/mol. The number of nitrogens with zero attached hydrogens (tertiary/aromatic N) is 4. The number of aromatic nitrogens is 3. The predicted molar refractivity (Wildman–Crippen MR) is 154 cm³/mol. The van der Waals surface area contributed by atoms with Crippen LogP contribution >= 0.6 is 15.9 Å². The van der Waals surface area contributed by atoms with Crippen LogP contribution in [0, 0.1) is 20.8 Å². The zero-order chi connectivity index (χ0) is 27.7. The molecular weight excluding hydrogens is 560 g/mol. The minimum Gasteiger partial charge on any atom is -0.489 e. The quantitative estimate of drug-likeness (QED) is 0.235. The van der Waals surface area contributed by atoms with E-state index in [2.05, 4.69) is 30.6 Å². The van der Waals surface area contributed by atoms with Gasteiger partial charge in [-0.05, 0) is 87.0 Å². The van der Waals surface area contributed by atoms with Crippen LogP contribution in [0.4, 0.5) is 0 Å². The number of fused-ring (bicyclic) bond motifs is 1. The molecule has 0 amide bonds. The summed E-state index contributed by atoms with van der Waals surface area (Å²) in [5.74, 6) is 0.214. The highest BCUT2D eigenvalue weighted by Gasteiger charge is 2.12. The number of halogens is 1. The van der Waals surface area contributed by atoms with Gasteiger partial charge in [-0.2, -0.15) is 9.78 Å². The van der Waals surface area contributed by atoms with Gasteiger partial charge in [-0.15, -0.1) is 0 Å². The first-order valence-corrected chi connectivity index (χ1v) is 13.0. The van der Waals surface area contributed by atoms with E-state index in [4.69, 9.17) is 4.74 Å². The molecular formula is C30H25BrN4O4. The number of ether oxygens (including phenoxy) is 1. The standard InChI is InChI=1S/C30H25BrN4O4/c1-18-13-23(16-32-35-20(3)33-28-12-7-24(31)15-27(28)29(35)36)19(2)34(18)25-8-10-26(11-9-25)39-17-21-5-4-6-22(14-21)30(37)38/h4-16H,17H2,1-3H3,(H,37,38). The average molecular weight is 585 g/mol. The van der Waals surface area contributed by atoms with Crippen molar-refractivity contribution < 1.29 is 14.6 Å². The summed E-state index contributed by atoms with van der Waals surface area (Å²) in [7, 11) is 0. The Morgan fingerprint density at radius 2 is 1.82 bits per heavy atom. The van der Waals surface area contributed by atoms with Crippen LogP contribution in [0.25, 0.3) is 16.6 Å². The lowest BCUT2D eigenvalue weighted by atomic mass is 10.1. The predicted octanol–water partition coefficient (Wildman–Crippen LogP) is 6.03. The molecule has 0 radical (unpaired) electrons. The van der Waals surface area contributed by atoms with Crippen molar-refractivity contribution in [1.82, 2.24) is 14.2 Å². The number of carboxylic acid groups (broad SMARTS) is 1. The van der Waals surface area contributed by atoms with Crippen molar-refractivity contribution in [3.63, 3.8) is 0 Å². The summed E-state index contributed by atoms with van der Waals surface area (Å²) in [5, 5.41) is 14.1. The first kappa shape index (κ1) is 26.1. The van der Waals surface area contributed by atoms with Gasteiger partial charge >= 0.3 is 5.97 Å². The minimum absolute atomic E-state index is 0.228. The van der Waals surface area contributed by atoms with Crippen molar-refractivity contribution >= 4 is 39.0 Å². The maximum atomic E-state index is 13.1. The van der Waals surface area contributed by atoms with Crippen LogP contribution in [-0.4, -0.2) is 31.5 Å². The molecule has 196 valence electrons. The van der Waals surface area contributed by atoms with E-state index >= 15 is 0 Å². The van der Waals surface area contributed by atoms with Crippen LogP contribution in [-0.2, 0) is 6.61 Å². The Balaban J connectivity index is 1.37. The Morgan fingerprint density at radius 3 is 2.56 bits per heavy atom. The van der Waals surface area contributed by atoms with E-state index < -0.39 is 5.97 Å². The van der Waals surface area contributed by atoms with Crippen LogP contribution in [0.15, 0.2) is 87.2 Å². The van der Waals surface area contributed by atoms with E-state index in [0.29, 0.717) is 22.5 Å². The third kappa shape index (κ3) is 5.39. The Morgan fingerprint density at radius 1 is 1.05 bits per heavy atom. The van der Waals surface area contributed by atoms with Gasteiger partial charge in [-0.1, -0.05) is 28.1 Å². The van der Waals surface area contributed by atoms with E-state index in [-0.39, 0.29) is 17.7 Å². The second kappa shape index (κ2) is 10.7. The van der Waals surface area contributed by atoms with Crippen LogP contribution in [0.2, 0.25) is 0 Å². The lowest BCUT2D eigenvalue weighted by Gasteiger charge is -2.12. The zero-order valence-electron chi connectivity index (χ0n) is 21.6. The molecule has 5 rings (SSSR count). The molecule has 1 N–H and O–H groups in total. The van der Waals surface area contributed by atoms with Gasteiger partial charge < -0.3 is 14.4 Å². The molecule has 39 heavy (non-hydrogen) atoms. The molecule has 0 atom stereocenters. The molecule has 0 bridgehead atoms. The lowest BCUT2D eigenvalue weighted by molar-refractivity contribution is 0.0696. The summed E-state index contributed by atoms with van der Waals surface area (Å²) in [5.41, 5.74) is 5.23. The maximum absolute atomic E-state index is 13.1. The van der Waals surface area contributed by atoms with E-state index in [1.54, 1.807) is 37.4 Å². The second-order valence-corrected chi connectivity index (χ2v) is 10.0. The molecule has 0 unspecified atom stereocenters. The smallest absolute Gasteiger partial charge is 0.335 e. The Labute approximate surface area is 233 Å². The molecule has 0 fully saturated rings. The van der Waals surface area contributed by atoms with Crippen molar-refractivity contribution in [3.05, 3.63) is 122 Å². The SMILES string of the molecule is Cc1cc(C=Nn2c(C)nc3ccc(Br)cc3c2=O)c(C)n1-c1ccc(OCc2cccc(C(=O)O)c2)cc1. The number of benzene rings is 3. The summed E-state index contributed by atoms with van der Waals surface area (Å²) in [6.07, 6.45) is 1.68. The van der Waals surface area contributed by atoms with Crippen LogP contribution in [0.5, 0.6) is 5.75 Å². The molecule has 2 heterocycles. The summed E-state index contributed by atoms with van der Waals surface area (Å²) < 4.78 is 10.1. The Hall–Kier alpha value is -4.50. The topological polar surface area (TPSA) is 98.7 Å². The number of carboxylic acids is 1. The molecule has 0 saturated heterocycles. The molecule has 0 aliphatic rings. The summed E-state index contributed by atoms with van der Waals surface area (Å²) in [6.45, 7) is 6.04. The van der Waals surface area contributed by atoms with Gasteiger partial charge in [-0.25, -0.2) is 9.78 Å². The third-order valence-electron chi connectivity index (χ3n) is 6.43. The molecule has 8 nitrogen and oxygen atoms in total. The number of hydrogen-bond acceptors (Lipinski definition) is 5. The normalized spacial score (nSPS) is 11.4. The largest absolute Gasteiger partial charge is 0.489 e. The molecule has 9 heteroatoms. The second-order valence-electron chi connectivity index (χ2n) is 9.13. The van der Waals surface area contributed by atoms with Gasteiger partial charge in [0.25, 0.3) is 5.56 Å². The maximum Gasteiger partial charge on any atom is 0.335 e. The van der Waals surface area contributed by atoms with Crippen LogP contribution in [0.1, 0.15) is 38.7 Å². The van der Waals surface area contributed by atoms with E-state index in [1.807, 2.05) is 62.4 Å². The van der Waals surface area contributed by atoms with Crippen molar-refractivity contribution in [3.8, 4) is 11.4 Å². The van der Waals surface area contributed by atoms with Gasteiger partial charge in [0.05, 0.1) is 22.7 Å². The number of aryl methyl sites for hydroxylation is 2. The number of aromatic carboxylic acids is 1. The van der Waals surface area contributed by atoms with Gasteiger partial charge in [-0.3, -0.25) is 4.79 Å². The Bertz CT molecular complexity index is 1800. The van der Waals surface area contributed by atoms with Gasteiger partial charge in [0, 0.05) is 27.1 Å². The van der Waals surface area contributed by atoms with E-state index in [0.717, 1.165) is 32.7 Å². The van der Waals surface area contributed by atoms with Gasteiger partial charge in [0.15, 0.2) is 0 Å². The van der Waals surface area contributed by atoms with E-state index in [9.17, 15) is 14.7 Å². The molecule has 2 aromatic heterocycles. The fourth-order valence-electron chi connectivity index (χ4n) is 4.48. The van der Waals surface area contributed by atoms with Gasteiger partial charge in [0.1, 0.15) is 18.2 Å². The van der Waals surface area contributed by atoms with Crippen molar-refractivity contribution in [2.45, 2.75) is 27.4 Å². The molecule has 0 saturated carbocycles. The van der Waals surface area contributed by atoms with Crippen molar-refractivity contribution in [2.75, 3.05) is 0 Å². The fraction of sp³-hybridized carbons (Fsp3) is 0.133. The summed E-state index contributed by atoms with van der Waals surface area (Å²) in [6, 6.07) is 21.8. The first-order valence-electron chi connectivity index (χ1n) is 12.2. The lowest BCUT2D eigenvalue weighted by Crippen LogP contribution is -2.20. The zero-order valence-corrected chi connectivity index (χ0v) is 23.1. The number of rotatable bonds is 7. The minimum atomic E-state index is -0.965. The number of hydrogen-bond donors (Lipinski definition) is 1. The third-order valence-corrected chi connectivity index (χ3v) is 6.92. The average Bonchev–Trinajstić information content (AvgIpc) is 3.20. The number of carbonyl (C=O) groups is 1. The highest BCUT2D eigenvalue weighted by Crippen LogP contribution is 2.23. The van der Waals surface area contributed by atoms with E-state index in [1.165, 1.54) is 4.68 Å². The highest BCUT2D eigenvalue weighted by molar-refractivity contribution is 9.10. The highest BCUT2D eigenvalue weighted by atomic mass is 79.9. The van der Waals surface area contributed by atoms with Crippen LogP contribution in [0.3, 0.4) is 0 Å². The molecule has 0 spiro atoms. The first-order chi connectivity index (χ1) is 18.7. The van der Waals surface area contributed by atoms with Crippen molar-refractivity contribution in [2.24, 2.45) is 5.10 Å². The molecule has 5 aromatic rings. The van der Waals surface area contributed by atoms with Crippen LogP contribution < -0.4 is 10.3 Å². The Kier molecular flexibility index (Phi) is 7.17. The van der Waals surface area contributed by atoms with Crippen molar-refractivity contribution in [1.29, 1.82) is 0 Å². The molecule has 0 aliphatic carbocycles. The summed E-state index contributed by atoms with van der Waals surface area (Å²) in [4.78, 5) is 28.8. The molecule has 3 aromatic carbocycles. The molecule has 0 aliphatic heterocycles. The fourth-order valence-corrected chi connectivity index (χ4v) is 4.84. The summed E-state index contributed by atoms with van der Waals surface area (Å²) >= 11 is 3.41. The van der Waals surface area contributed by atoms with Gasteiger partial charge in [0.2, 0.25) is 0 Å².